The Hall–Kier alpha value is -0.650. The molecule has 0 spiro atoms. The van der Waals surface area contributed by atoms with E-state index < -0.39 is 5.60 Å². The molecule has 5 heteroatoms. The second-order valence-electron chi connectivity index (χ2n) is 4.54. The molecule has 2 rings (SSSR count). The van der Waals surface area contributed by atoms with Crippen LogP contribution in [0.5, 0.6) is 0 Å². The molecule has 94 valence electrons. The molecule has 4 nitrogen and oxygen atoms in total. The lowest BCUT2D eigenvalue weighted by Gasteiger charge is -2.26. The first-order valence-electron chi connectivity index (χ1n) is 5.71. The minimum absolute atomic E-state index is 0.133. The van der Waals surface area contributed by atoms with Gasteiger partial charge in [-0.1, -0.05) is 0 Å². The topological polar surface area (TPSA) is 54.4 Å². The smallest absolute Gasteiger partial charge is 0.126 e. The number of aliphatic hydroxyl groups is 1. The molecular weight excluding hydrogens is 284 g/mol. The molecule has 2 heterocycles. The molecule has 2 N–H and O–H groups in total. The van der Waals surface area contributed by atoms with E-state index in [2.05, 4.69) is 26.2 Å². The molecule has 1 fully saturated rings. The predicted octanol–water partition coefficient (Wildman–Crippen LogP) is 2.10. The molecule has 2 unspecified atom stereocenters. The van der Waals surface area contributed by atoms with E-state index in [0.717, 1.165) is 15.9 Å². The van der Waals surface area contributed by atoms with Gasteiger partial charge in [-0.25, -0.2) is 4.98 Å². The van der Waals surface area contributed by atoms with E-state index in [0.29, 0.717) is 19.6 Å². The van der Waals surface area contributed by atoms with Gasteiger partial charge in [-0.2, -0.15) is 0 Å². The van der Waals surface area contributed by atoms with Crippen LogP contribution < -0.4 is 5.32 Å². The summed E-state index contributed by atoms with van der Waals surface area (Å²) >= 11 is 3.41. The maximum absolute atomic E-state index is 10.3. The SMILES string of the molecule is Cc1cc(NCC2(O)CCOC2C)ncc1Br. The van der Waals surface area contributed by atoms with Crippen LogP contribution in [0.4, 0.5) is 5.82 Å². The molecule has 0 bridgehead atoms. The summed E-state index contributed by atoms with van der Waals surface area (Å²) in [5.74, 6) is 0.776. The molecule has 17 heavy (non-hydrogen) atoms. The number of halogens is 1. The third-order valence-corrected chi connectivity index (χ3v) is 4.11. The number of aromatic nitrogens is 1. The molecule has 0 radical (unpaired) electrons. The van der Waals surface area contributed by atoms with Gasteiger partial charge in [0.2, 0.25) is 0 Å². The van der Waals surface area contributed by atoms with Crippen LogP contribution in [-0.2, 0) is 4.74 Å². The highest BCUT2D eigenvalue weighted by atomic mass is 79.9. The minimum atomic E-state index is -0.789. The Labute approximate surface area is 110 Å². The van der Waals surface area contributed by atoms with Crippen LogP contribution in [0.15, 0.2) is 16.7 Å². The Bertz CT molecular complexity index is 413. The summed E-state index contributed by atoms with van der Waals surface area (Å²) in [4.78, 5) is 4.25. The number of nitrogens with zero attached hydrogens (tertiary/aromatic N) is 1. The summed E-state index contributed by atoms with van der Waals surface area (Å²) in [6.07, 6.45) is 2.29. The molecule has 2 atom stereocenters. The number of hydrogen-bond donors (Lipinski definition) is 2. The number of pyridine rings is 1. The normalized spacial score (nSPS) is 28.4. The lowest BCUT2D eigenvalue weighted by Crippen LogP contribution is -2.43. The van der Waals surface area contributed by atoms with Gasteiger partial charge in [0.05, 0.1) is 6.10 Å². The summed E-state index contributed by atoms with van der Waals surface area (Å²) < 4.78 is 6.37. The molecule has 0 aromatic carbocycles. The van der Waals surface area contributed by atoms with E-state index >= 15 is 0 Å². The van der Waals surface area contributed by atoms with E-state index in [1.807, 2.05) is 19.9 Å². The second kappa shape index (κ2) is 4.92. The molecule has 0 amide bonds. The van der Waals surface area contributed by atoms with Gasteiger partial charge in [0.25, 0.3) is 0 Å². The number of nitrogens with one attached hydrogen (secondary N) is 1. The van der Waals surface area contributed by atoms with Crippen molar-refractivity contribution in [1.82, 2.24) is 4.98 Å². The number of rotatable bonds is 3. The quantitative estimate of drug-likeness (QED) is 0.898. The summed E-state index contributed by atoms with van der Waals surface area (Å²) in [6, 6.07) is 1.95. The lowest BCUT2D eigenvalue weighted by atomic mass is 9.97. The summed E-state index contributed by atoms with van der Waals surface area (Å²) in [5.41, 5.74) is 0.327. The van der Waals surface area contributed by atoms with Gasteiger partial charge >= 0.3 is 0 Å². The molecule has 1 aromatic heterocycles. The van der Waals surface area contributed by atoms with Crippen molar-refractivity contribution in [2.45, 2.75) is 32.0 Å². The maximum atomic E-state index is 10.3. The van der Waals surface area contributed by atoms with Crippen molar-refractivity contribution in [3.63, 3.8) is 0 Å². The molecule has 1 aromatic rings. The predicted molar refractivity (Wildman–Crippen MR) is 70.1 cm³/mol. The lowest BCUT2D eigenvalue weighted by molar-refractivity contribution is -0.0176. The third-order valence-electron chi connectivity index (χ3n) is 3.28. The first kappa shape index (κ1) is 12.8. The van der Waals surface area contributed by atoms with Crippen LogP contribution >= 0.6 is 15.9 Å². The Morgan fingerprint density at radius 3 is 3.06 bits per heavy atom. The van der Waals surface area contributed by atoms with Crippen molar-refractivity contribution in [2.24, 2.45) is 0 Å². The number of anilines is 1. The van der Waals surface area contributed by atoms with Crippen LogP contribution in [0, 0.1) is 6.92 Å². The third kappa shape index (κ3) is 2.78. The van der Waals surface area contributed by atoms with Gasteiger partial charge in [-0.15, -0.1) is 0 Å². The van der Waals surface area contributed by atoms with Crippen molar-refractivity contribution < 1.29 is 9.84 Å². The van der Waals surface area contributed by atoms with Gasteiger partial charge < -0.3 is 15.2 Å². The molecular formula is C12H17BrN2O2. The molecule has 1 saturated heterocycles. The van der Waals surface area contributed by atoms with Gasteiger partial charge in [0.1, 0.15) is 11.4 Å². The van der Waals surface area contributed by atoms with E-state index in [1.165, 1.54) is 0 Å². The second-order valence-corrected chi connectivity index (χ2v) is 5.39. The van der Waals surface area contributed by atoms with E-state index in [-0.39, 0.29) is 6.10 Å². The Kier molecular flexibility index (Phi) is 3.70. The largest absolute Gasteiger partial charge is 0.385 e. The fourth-order valence-electron chi connectivity index (χ4n) is 1.88. The first-order chi connectivity index (χ1) is 8.01. The van der Waals surface area contributed by atoms with Crippen molar-refractivity contribution in [3.8, 4) is 0 Å². The van der Waals surface area contributed by atoms with Crippen LogP contribution in [0.2, 0.25) is 0 Å². The highest BCUT2D eigenvalue weighted by molar-refractivity contribution is 9.10. The van der Waals surface area contributed by atoms with Crippen molar-refractivity contribution in [1.29, 1.82) is 0 Å². The van der Waals surface area contributed by atoms with Gasteiger partial charge in [-0.05, 0) is 41.4 Å². The van der Waals surface area contributed by atoms with Gasteiger partial charge in [0.15, 0.2) is 0 Å². The van der Waals surface area contributed by atoms with E-state index in [9.17, 15) is 5.11 Å². The fraction of sp³-hybridized carbons (Fsp3) is 0.583. The molecule has 1 aliphatic heterocycles. The van der Waals surface area contributed by atoms with Crippen LogP contribution in [0.1, 0.15) is 18.9 Å². The summed E-state index contributed by atoms with van der Waals surface area (Å²) in [5, 5.41) is 13.5. The average Bonchev–Trinajstić information content (AvgIpc) is 2.62. The Balaban J connectivity index is 2.00. The number of ether oxygens (including phenoxy) is 1. The summed E-state index contributed by atoms with van der Waals surface area (Å²) in [7, 11) is 0. The van der Waals surface area contributed by atoms with Crippen LogP contribution in [0.3, 0.4) is 0 Å². The zero-order valence-corrected chi connectivity index (χ0v) is 11.6. The van der Waals surface area contributed by atoms with Crippen molar-refractivity contribution in [3.05, 3.63) is 22.3 Å². The maximum Gasteiger partial charge on any atom is 0.126 e. The van der Waals surface area contributed by atoms with Crippen molar-refractivity contribution in [2.75, 3.05) is 18.5 Å². The fourth-order valence-corrected chi connectivity index (χ4v) is 2.10. The first-order valence-corrected chi connectivity index (χ1v) is 6.50. The molecule has 1 aliphatic rings. The standard InChI is InChI=1S/C12H17BrN2O2/c1-8-5-11(14-6-10(8)13)15-7-12(16)3-4-17-9(12)2/h5-6,9,16H,3-4,7H2,1-2H3,(H,14,15). The summed E-state index contributed by atoms with van der Waals surface area (Å²) in [6.45, 7) is 4.98. The zero-order valence-electron chi connectivity index (χ0n) is 10.0. The minimum Gasteiger partial charge on any atom is -0.385 e. The van der Waals surface area contributed by atoms with E-state index in [1.54, 1.807) is 6.20 Å². The van der Waals surface area contributed by atoms with Crippen molar-refractivity contribution >= 4 is 21.7 Å². The molecule has 0 aliphatic carbocycles. The average molecular weight is 301 g/mol. The van der Waals surface area contributed by atoms with Crippen LogP contribution in [0.25, 0.3) is 0 Å². The Morgan fingerprint density at radius 1 is 1.71 bits per heavy atom. The number of hydrogen-bond acceptors (Lipinski definition) is 4. The number of aryl methyl sites for hydroxylation is 1. The highest BCUT2D eigenvalue weighted by Gasteiger charge is 2.39. The Morgan fingerprint density at radius 2 is 2.47 bits per heavy atom. The van der Waals surface area contributed by atoms with E-state index in [4.69, 9.17) is 4.74 Å². The zero-order chi connectivity index (χ0) is 12.5. The monoisotopic (exact) mass is 300 g/mol. The van der Waals surface area contributed by atoms with Gasteiger partial charge in [-0.3, -0.25) is 0 Å². The molecule has 0 saturated carbocycles. The van der Waals surface area contributed by atoms with Gasteiger partial charge in [0, 0.05) is 30.2 Å². The highest BCUT2D eigenvalue weighted by Crippen LogP contribution is 2.26. The van der Waals surface area contributed by atoms with Crippen LogP contribution in [-0.4, -0.2) is 34.9 Å².